The van der Waals surface area contributed by atoms with Crippen molar-refractivity contribution in [2.75, 3.05) is 0 Å². The van der Waals surface area contributed by atoms with Crippen molar-refractivity contribution in [2.24, 2.45) is 0 Å². The van der Waals surface area contributed by atoms with E-state index in [-0.39, 0.29) is 5.56 Å². The van der Waals surface area contributed by atoms with E-state index in [0.717, 1.165) is 5.56 Å². The molecule has 2 aromatic carbocycles. The number of aryl methyl sites for hydroxylation is 1. The largest absolute Gasteiger partial charge is 0.338 e. The van der Waals surface area contributed by atoms with Crippen LogP contribution in [-0.4, -0.2) is 14.7 Å². The van der Waals surface area contributed by atoms with Gasteiger partial charge in [-0.15, -0.1) is 0 Å². The lowest BCUT2D eigenvalue weighted by Gasteiger charge is -2.11. The Balaban J connectivity index is 2.13. The zero-order valence-electron chi connectivity index (χ0n) is 12.7. The summed E-state index contributed by atoms with van der Waals surface area (Å²) in [6.45, 7) is 1.80. The van der Waals surface area contributed by atoms with Crippen molar-refractivity contribution in [1.29, 1.82) is 0 Å². The number of benzene rings is 2. The lowest BCUT2D eigenvalue weighted by Crippen LogP contribution is -2.21. The van der Waals surface area contributed by atoms with Crippen LogP contribution in [0, 0.1) is 6.92 Å². The minimum absolute atomic E-state index is 0.230. The quantitative estimate of drug-likeness (QED) is 0.554. The summed E-state index contributed by atoms with van der Waals surface area (Å²) in [5, 5.41) is 4.87. The zero-order chi connectivity index (χ0) is 16.7. The standard InChI is InChI=1S/C18H12ClN3O2/c1-11-9-16(24-21-11)22-17(12-5-3-2-4-6-12)20-15-10-13(19)7-8-14(15)18(22)23/h2-10H,1H3. The number of nitrogens with zero attached hydrogens (tertiary/aromatic N) is 3. The van der Waals surface area contributed by atoms with Crippen LogP contribution in [0.25, 0.3) is 28.2 Å². The molecule has 0 amide bonds. The van der Waals surface area contributed by atoms with Crippen molar-refractivity contribution in [1.82, 2.24) is 14.7 Å². The van der Waals surface area contributed by atoms with Crippen molar-refractivity contribution in [2.45, 2.75) is 6.92 Å². The van der Waals surface area contributed by atoms with E-state index in [1.807, 2.05) is 30.3 Å². The van der Waals surface area contributed by atoms with Gasteiger partial charge in [0.1, 0.15) is 0 Å². The normalized spacial score (nSPS) is 11.1. The topological polar surface area (TPSA) is 60.9 Å². The van der Waals surface area contributed by atoms with Crippen molar-refractivity contribution >= 4 is 22.5 Å². The van der Waals surface area contributed by atoms with E-state index in [4.69, 9.17) is 16.1 Å². The molecule has 0 bridgehead atoms. The summed E-state index contributed by atoms with van der Waals surface area (Å²) >= 11 is 6.05. The monoisotopic (exact) mass is 337 g/mol. The second-order valence-corrected chi connectivity index (χ2v) is 5.85. The molecule has 0 radical (unpaired) electrons. The number of fused-ring (bicyclic) bond motifs is 1. The summed E-state index contributed by atoms with van der Waals surface area (Å²) in [5.41, 5.74) is 1.79. The van der Waals surface area contributed by atoms with Crippen LogP contribution in [0.15, 0.2) is 63.9 Å². The maximum Gasteiger partial charge on any atom is 0.268 e. The third-order valence-electron chi connectivity index (χ3n) is 3.70. The molecule has 0 N–H and O–H groups in total. The van der Waals surface area contributed by atoms with E-state index in [1.165, 1.54) is 4.57 Å². The van der Waals surface area contributed by atoms with E-state index in [0.29, 0.717) is 33.3 Å². The third kappa shape index (κ3) is 2.39. The number of halogens is 1. The number of hydrogen-bond donors (Lipinski definition) is 0. The van der Waals surface area contributed by atoms with Crippen LogP contribution in [0.3, 0.4) is 0 Å². The summed E-state index contributed by atoms with van der Waals surface area (Å²) in [6, 6.07) is 16.2. The summed E-state index contributed by atoms with van der Waals surface area (Å²) < 4.78 is 6.75. The Labute approximate surface area is 142 Å². The van der Waals surface area contributed by atoms with Crippen molar-refractivity contribution < 1.29 is 4.52 Å². The molecule has 0 fully saturated rings. The smallest absolute Gasteiger partial charge is 0.268 e. The van der Waals surface area contributed by atoms with Gasteiger partial charge in [-0.1, -0.05) is 47.1 Å². The molecule has 0 aliphatic heterocycles. The van der Waals surface area contributed by atoms with Gasteiger partial charge in [-0.25, -0.2) is 9.55 Å². The van der Waals surface area contributed by atoms with E-state index in [9.17, 15) is 4.79 Å². The predicted molar refractivity (Wildman–Crippen MR) is 92.6 cm³/mol. The maximum absolute atomic E-state index is 13.0. The average Bonchev–Trinajstić information content (AvgIpc) is 3.01. The van der Waals surface area contributed by atoms with Crippen molar-refractivity contribution in [3.8, 4) is 17.3 Å². The van der Waals surface area contributed by atoms with E-state index >= 15 is 0 Å². The molecule has 2 aromatic heterocycles. The number of hydrogen-bond acceptors (Lipinski definition) is 4. The first-order valence-electron chi connectivity index (χ1n) is 7.35. The highest BCUT2D eigenvalue weighted by Crippen LogP contribution is 2.23. The average molecular weight is 338 g/mol. The molecular formula is C18H12ClN3O2. The Morgan fingerprint density at radius 1 is 1.08 bits per heavy atom. The summed E-state index contributed by atoms with van der Waals surface area (Å²) in [5.74, 6) is 0.812. The van der Waals surface area contributed by atoms with Gasteiger partial charge >= 0.3 is 0 Å². The molecule has 5 nitrogen and oxygen atoms in total. The Bertz CT molecular complexity index is 1100. The fourth-order valence-corrected chi connectivity index (χ4v) is 2.77. The lowest BCUT2D eigenvalue weighted by atomic mass is 10.2. The van der Waals surface area contributed by atoms with Crippen LogP contribution in [0.5, 0.6) is 0 Å². The van der Waals surface area contributed by atoms with E-state index < -0.39 is 0 Å². The first-order chi connectivity index (χ1) is 11.6. The fourth-order valence-electron chi connectivity index (χ4n) is 2.60. The minimum Gasteiger partial charge on any atom is -0.338 e. The van der Waals surface area contributed by atoms with Gasteiger partial charge in [0.15, 0.2) is 5.82 Å². The predicted octanol–water partition coefficient (Wildman–Crippen LogP) is 4.00. The molecule has 0 aliphatic carbocycles. The summed E-state index contributed by atoms with van der Waals surface area (Å²) in [6.07, 6.45) is 0. The molecule has 0 aliphatic rings. The second kappa shape index (κ2) is 5.62. The molecule has 6 heteroatoms. The van der Waals surface area contributed by atoms with Crippen LogP contribution in [0.4, 0.5) is 0 Å². The Hall–Kier alpha value is -2.92. The third-order valence-corrected chi connectivity index (χ3v) is 3.93. The Morgan fingerprint density at radius 2 is 1.88 bits per heavy atom. The zero-order valence-corrected chi connectivity index (χ0v) is 13.5. The molecule has 0 unspecified atom stereocenters. The molecular weight excluding hydrogens is 326 g/mol. The molecule has 4 aromatic rings. The summed E-state index contributed by atoms with van der Waals surface area (Å²) in [7, 11) is 0. The van der Waals surface area contributed by atoms with Gasteiger partial charge in [0.05, 0.1) is 16.6 Å². The number of rotatable bonds is 2. The maximum atomic E-state index is 13.0. The van der Waals surface area contributed by atoms with Gasteiger partial charge < -0.3 is 4.52 Å². The highest BCUT2D eigenvalue weighted by Gasteiger charge is 2.17. The lowest BCUT2D eigenvalue weighted by molar-refractivity contribution is 0.400. The molecule has 2 heterocycles. The van der Waals surface area contributed by atoms with Gasteiger partial charge in [-0.2, -0.15) is 0 Å². The van der Waals surface area contributed by atoms with Crippen LogP contribution in [0.1, 0.15) is 5.69 Å². The molecule has 4 rings (SSSR count). The molecule has 0 saturated heterocycles. The van der Waals surface area contributed by atoms with Gasteiger partial charge in [0, 0.05) is 16.7 Å². The van der Waals surface area contributed by atoms with Crippen molar-refractivity contribution in [3.05, 3.63) is 75.7 Å². The van der Waals surface area contributed by atoms with Crippen LogP contribution >= 0.6 is 11.6 Å². The molecule has 0 atom stereocenters. The van der Waals surface area contributed by atoms with E-state index in [2.05, 4.69) is 10.1 Å². The van der Waals surface area contributed by atoms with Gasteiger partial charge in [0.2, 0.25) is 5.88 Å². The fraction of sp³-hybridized carbons (Fsp3) is 0.0556. The molecule has 118 valence electrons. The van der Waals surface area contributed by atoms with E-state index in [1.54, 1.807) is 31.2 Å². The highest BCUT2D eigenvalue weighted by molar-refractivity contribution is 6.31. The minimum atomic E-state index is -0.230. The van der Waals surface area contributed by atoms with Crippen LogP contribution < -0.4 is 5.56 Å². The molecule has 0 saturated carbocycles. The van der Waals surface area contributed by atoms with Crippen molar-refractivity contribution in [3.63, 3.8) is 0 Å². The highest BCUT2D eigenvalue weighted by atomic mass is 35.5. The SMILES string of the molecule is Cc1cc(-n2c(-c3ccccc3)nc3cc(Cl)ccc3c2=O)on1. The Morgan fingerprint density at radius 3 is 2.58 bits per heavy atom. The number of aromatic nitrogens is 3. The molecule has 0 spiro atoms. The first-order valence-corrected chi connectivity index (χ1v) is 7.73. The van der Waals surface area contributed by atoms with Gasteiger partial charge in [0.25, 0.3) is 5.56 Å². The Kier molecular flexibility index (Phi) is 3.43. The van der Waals surface area contributed by atoms with Gasteiger partial charge in [-0.3, -0.25) is 4.79 Å². The van der Waals surface area contributed by atoms with Gasteiger partial charge in [-0.05, 0) is 25.1 Å². The second-order valence-electron chi connectivity index (χ2n) is 5.41. The van der Waals surface area contributed by atoms with Crippen LogP contribution in [-0.2, 0) is 0 Å². The molecule has 24 heavy (non-hydrogen) atoms. The summed E-state index contributed by atoms with van der Waals surface area (Å²) in [4.78, 5) is 17.7. The van der Waals surface area contributed by atoms with Crippen LogP contribution in [0.2, 0.25) is 5.02 Å². The first kappa shape index (κ1) is 14.7.